The minimum Gasteiger partial charge on any atom is -0.481 e. The van der Waals surface area contributed by atoms with Crippen LogP contribution < -0.4 is 5.32 Å². The Balaban J connectivity index is 3.81. The molecule has 0 radical (unpaired) electrons. The van der Waals surface area contributed by atoms with E-state index in [0.29, 0.717) is 13.2 Å². The molecule has 0 unspecified atom stereocenters. The van der Waals surface area contributed by atoms with Crippen LogP contribution in [0.1, 0.15) is 33.1 Å². The molecule has 0 aromatic heterocycles. The molecule has 19 heavy (non-hydrogen) atoms. The Hall–Kier alpha value is -1.63. The molecule has 0 saturated carbocycles. The first-order chi connectivity index (χ1) is 8.82. The van der Waals surface area contributed by atoms with Crippen molar-refractivity contribution in [1.82, 2.24) is 10.2 Å². The Bertz CT molecular complexity index is 317. The highest BCUT2D eigenvalue weighted by Gasteiger charge is 2.12. The molecule has 3 amide bonds. The maximum atomic E-state index is 11.5. The first-order valence-electron chi connectivity index (χ1n) is 6.21. The third kappa shape index (κ3) is 10.0. The SMILES string of the molecule is CC(C)OCCN(C)C(=O)NC(=O)CCCC(=O)O. The molecule has 0 spiro atoms. The summed E-state index contributed by atoms with van der Waals surface area (Å²) in [7, 11) is 1.56. The van der Waals surface area contributed by atoms with E-state index in [2.05, 4.69) is 5.32 Å². The molecule has 0 rings (SSSR count). The standard InChI is InChI=1S/C12H22N2O5/c1-9(2)19-8-7-14(3)12(18)13-10(15)5-4-6-11(16)17/h9H,4-8H2,1-3H3,(H,16,17)(H,13,15,18). The van der Waals surface area contributed by atoms with Crippen molar-refractivity contribution in [3.8, 4) is 0 Å². The molecular formula is C12H22N2O5. The van der Waals surface area contributed by atoms with Crippen LogP contribution in [0, 0.1) is 0 Å². The molecule has 110 valence electrons. The molecule has 0 aliphatic carbocycles. The van der Waals surface area contributed by atoms with Gasteiger partial charge in [-0.15, -0.1) is 0 Å². The van der Waals surface area contributed by atoms with Gasteiger partial charge in [0.1, 0.15) is 0 Å². The van der Waals surface area contributed by atoms with E-state index in [9.17, 15) is 14.4 Å². The summed E-state index contributed by atoms with van der Waals surface area (Å²) in [6, 6.07) is -0.507. The van der Waals surface area contributed by atoms with Crippen molar-refractivity contribution in [3.05, 3.63) is 0 Å². The Morgan fingerprint density at radius 2 is 1.89 bits per heavy atom. The smallest absolute Gasteiger partial charge is 0.323 e. The minimum atomic E-state index is -0.956. The monoisotopic (exact) mass is 274 g/mol. The summed E-state index contributed by atoms with van der Waals surface area (Å²) in [6.07, 6.45) is 0.247. The van der Waals surface area contributed by atoms with Crippen molar-refractivity contribution in [2.75, 3.05) is 20.2 Å². The van der Waals surface area contributed by atoms with Gasteiger partial charge < -0.3 is 14.7 Å². The lowest BCUT2D eigenvalue weighted by atomic mass is 10.2. The summed E-state index contributed by atoms with van der Waals surface area (Å²) in [4.78, 5) is 34.5. The largest absolute Gasteiger partial charge is 0.481 e. The highest BCUT2D eigenvalue weighted by atomic mass is 16.5. The fraction of sp³-hybridized carbons (Fsp3) is 0.750. The maximum Gasteiger partial charge on any atom is 0.323 e. The number of rotatable bonds is 8. The molecule has 0 aromatic rings. The van der Waals surface area contributed by atoms with Crippen LogP contribution in [-0.2, 0) is 14.3 Å². The number of hydrogen-bond donors (Lipinski definition) is 2. The second kappa shape index (κ2) is 9.32. The number of nitrogens with zero attached hydrogens (tertiary/aromatic N) is 1. The quantitative estimate of drug-likeness (QED) is 0.683. The zero-order valence-electron chi connectivity index (χ0n) is 11.6. The molecule has 7 heteroatoms. The Morgan fingerprint density at radius 3 is 2.42 bits per heavy atom. The number of amides is 3. The fourth-order valence-electron chi connectivity index (χ4n) is 1.20. The van der Waals surface area contributed by atoms with Gasteiger partial charge in [0, 0.05) is 26.4 Å². The van der Waals surface area contributed by atoms with Crippen LogP contribution in [0.2, 0.25) is 0 Å². The number of carboxylic acid groups (broad SMARTS) is 1. The van der Waals surface area contributed by atoms with Crippen LogP contribution in [-0.4, -0.2) is 54.2 Å². The summed E-state index contributed by atoms with van der Waals surface area (Å²) in [5.41, 5.74) is 0. The fourth-order valence-corrected chi connectivity index (χ4v) is 1.20. The average molecular weight is 274 g/mol. The van der Waals surface area contributed by atoms with Crippen molar-refractivity contribution < 1.29 is 24.2 Å². The summed E-state index contributed by atoms with van der Waals surface area (Å²) < 4.78 is 5.29. The van der Waals surface area contributed by atoms with Crippen molar-refractivity contribution in [1.29, 1.82) is 0 Å². The predicted molar refractivity (Wildman–Crippen MR) is 68.7 cm³/mol. The highest BCUT2D eigenvalue weighted by Crippen LogP contribution is 1.96. The van der Waals surface area contributed by atoms with Crippen molar-refractivity contribution in [2.45, 2.75) is 39.2 Å². The van der Waals surface area contributed by atoms with E-state index in [1.165, 1.54) is 4.90 Å². The highest BCUT2D eigenvalue weighted by molar-refractivity contribution is 5.94. The van der Waals surface area contributed by atoms with Crippen molar-refractivity contribution >= 4 is 17.9 Å². The lowest BCUT2D eigenvalue weighted by Gasteiger charge is -2.18. The van der Waals surface area contributed by atoms with Gasteiger partial charge in [0.2, 0.25) is 5.91 Å². The van der Waals surface area contributed by atoms with Crippen LogP contribution in [0.4, 0.5) is 4.79 Å². The number of nitrogens with one attached hydrogen (secondary N) is 1. The summed E-state index contributed by atoms with van der Waals surface area (Å²) in [5.74, 6) is -1.43. The molecule has 2 N–H and O–H groups in total. The number of carboxylic acids is 1. The summed E-state index contributed by atoms with van der Waals surface area (Å²) >= 11 is 0. The van der Waals surface area contributed by atoms with Gasteiger partial charge in [-0.25, -0.2) is 4.79 Å². The van der Waals surface area contributed by atoms with Crippen molar-refractivity contribution in [2.24, 2.45) is 0 Å². The molecule has 0 heterocycles. The van der Waals surface area contributed by atoms with E-state index < -0.39 is 17.9 Å². The van der Waals surface area contributed by atoms with Gasteiger partial charge >= 0.3 is 12.0 Å². The van der Waals surface area contributed by atoms with Crippen LogP contribution in [0.3, 0.4) is 0 Å². The number of carbonyl (C=O) groups is 3. The van der Waals surface area contributed by atoms with Gasteiger partial charge in [-0.05, 0) is 20.3 Å². The number of likely N-dealkylation sites (N-methyl/N-ethyl adjacent to an activating group) is 1. The van der Waals surface area contributed by atoms with E-state index in [1.54, 1.807) is 7.05 Å². The maximum absolute atomic E-state index is 11.5. The molecule has 0 aliphatic heterocycles. The first kappa shape index (κ1) is 17.4. The van der Waals surface area contributed by atoms with Crippen LogP contribution in [0.5, 0.6) is 0 Å². The van der Waals surface area contributed by atoms with Gasteiger partial charge in [-0.3, -0.25) is 14.9 Å². The number of urea groups is 1. The van der Waals surface area contributed by atoms with Gasteiger partial charge in [0.05, 0.1) is 12.7 Å². The Kier molecular flexibility index (Phi) is 8.52. The minimum absolute atomic E-state index is 0.0222. The number of imide groups is 1. The number of aliphatic carboxylic acids is 1. The van der Waals surface area contributed by atoms with Crippen LogP contribution in [0.15, 0.2) is 0 Å². The lowest BCUT2D eigenvalue weighted by molar-refractivity contribution is -0.137. The molecule has 0 bridgehead atoms. The molecule has 0 fully saturated rings. The van der Waals surface area contributed by atoms with E-state index in [1.807, 2.05) is 13.8 Å². The van der Waals surface area contributed by atoms with E-state index in [4.69, 9.17) is 9.84 Å². The zero-order valence-corrected chi connectivity index (χ0v) is 11.6. The van der Waals surface area contributed by atoms with Crippen LogP contribution >= 0.6 is 0 Å². The van der Waals surface area contributed by atoms with E-state index in [0.717, 1.165) is 0 Å². The second-order valence-electron chi connectivity index (χ2n) is 4.44. The molecule has 0 atom stereocenters. The van der Waals surface area contributed by atoms with Crippen molar-refractivity contribution in [3.63, 3.8) is 0 Å². The molecule has 0 aliphatic rings. The average Bonchev–Trinajstić information content (AvgIpc) is 2.27. The molecule has 0 saturated heterocycles. The topological polar surface area (TPSA) is 95.9 Å². The molecule has 0 aromatic carbocycles. The number of carbonyl (C=O) groups excluding carboxylic acids is 2. The van der Waals surface area contributed by atoms with Gasteiger partial charge in [0.15, 0.2) is 0 Å². The first-order valence-corrected chi connectivity index (χ1v) is 6.21. The Labute approximate surface area is 112 Å². The van der Waals surface area contributed by atoms with Gasteiger partial charge in [0.25, 0.3) is 0 Å². The normalized spacial score (nSPS) is 10.3. The van der Waals surface area contributed by atoms with E-state index in [-0.39, 0.29) is 25.4 Å². The Morgan fingerprint density at radius 1 is 1.26 bits per heavy atom. The third-order valence-electron chi connectivity index (χ3n) is 2.27. The van der Waals surface area contributed by atoms with Gasteiger partial charge in [-0.2, -0.15) is 0 Å². The number of hydrogen-bond acceptors (Lipinski definition) is 4. The molecular weight excluding hydrogens is 252 g/mol. The second-order valence-corrected chi connectivity index (χ2v) is 4.44. The summed E-state index contributed by atoms with van der Waals surface area (Å²) in [6.45, 7) is 4.57. The zero-order chi connectivity index (χ0) is 14.8. The van der Waals surface area contributed by atoms with Gasteiger partial charge in [-0.1, -0.05) is 0 Å². The lowest BCUT2D eigenvalue weighted by Crippen LogP contribution is -2.42. The van der Waals surface area contributed by atoms with Crippen LogP contribution in [0.25, 0.3) is 0 Å². The molecule has 7 nitrogen and oxygen atoms in total. The predicted octanol–water partition coefficient (Wildman–Crippen LogP) is 0.834. The number of ether oxygens (including phenoxy) is 1. The summed E-state index contributed by atoms with van der Waals surface area (Å²) in [5, 5.41) is 10.6. The van der Waals surface area contributed by atoms with E-state index >= 15 is 0 Å². The third-order valence-corrected chi connectivity index (χ3v) is 2.27.